The molecule has 0 radical (unpaired) electrons. The van der Waals surface area contributed by atoms with Crippen molar-refractivity contribution in [3.63, 3.8) is 0 Å². The summed E-state index contributed by atoms with van der Waals surface area (Å²) in [5.74, 6) is 1.11. The summed E-state index contributed by atoms with van der Waals surface area (Å²) in [5.41, 5.74) is 0. The van der Waals surface area contributed by atoms with Crippen LogP contribution in [0.25, 0.3) is 0 Å². The second-order valence-electron chi connectivity index (χ2n) is 4.21. The predicted molar refractivity (Wildman–Crippen MR) is 60.8 cm³/mol. The zero-order valence-corrected chi connectivity index (χ0v) is 9.57. The summed E-state index contributed by atoms with van der Waals surface area (Å²) in [4.78, 5) is 2.51. The van der Waals surface area contributed by atoms with Gasteiger partial charge in [-0.1, -0.05) is 6.92 Å². The molecule has 0 amide bonds. The molecule has 0 spiro atoms. The van der Waals surface area contributed by atoms with Gasteiger partial charge in [-0.05, 0) is 32.0 Å². The molecule has 1 aliphatic heterocycles. The summed E-state index contributed by atoms with van der Waals surface area (Å²) in [5, 5.41) is 3.35. The van der Waals surface area contributed by atoms with Crippen molar-refractivity contribution in [2.75, 3.05) is 20.1 Å². The van der Waals surface area contributed by atoms with E-state index in [1.165, 1.54) is 13.0 Å². The Labute approximate surface area is 91.4 Å². The Morgan fingerprint density at radius 1 is 1.67 bits per heavy atom. The van der Waals surface area contributed by atoms with Gasteiger partial charge in [0.2, 0.25) is 0 Å². The second-order valence-corrected chi connectivity index (χ2v) is 4.21. The number of likely N-dealkylation sites (N-methyl/N-ethyl adjacent to an activating group) is 1. The number of nitrogens with one attached hydrogen (secondary N) is 1. The van der Waals surface area contributed by atoms with Gasteiger partial charge in [0.05, 0.1) is 12.3 Å². The molecule has 0 aliphatic carbocycles. The highest BCUT2D eigenvalue weighted by atomic mass is 16.3. The van der Waals surface area contributed by atoms with E-state index in [4.69, 9.17) is 4.42 Å². The lowest BCUT2D eigenvalue weighted by Gasteiger charge is -2.24. The van der Waals surface area contributed by atoms with Crippen LogP contribution in [0.2, 0.25) is 0 Å². The Bertz CT molecular complexity index is 284. The number of likely N-dealkylation sites (tertiary alicyclic amines) is 1. The van der Waals surface area contributed by atoms with Crippen LogP contribution in [0.3, 0.4) is 0 Å². The van der Waals surface area contributed by atoms with Crippen LogP contribution in [0, 0.1) is 0 Å². The molecule has 3 nitrogen and oxygen atoms in total. The van der Waals surface area contributed by atoms with Crippen LogP contribution in [0.1, 0.15) is 31.6 Å². The van der Waals surface area contributed by atoms with Gasteiger partial charge in [-0.15, -0.1) is 0 Å². The largest absolute Gasteiger partial charge is 0.468 e. The molecule has 2 heterocycles. The fraction of sp³-hybridized carbons (Fsp3) is 0.667. The van der Waals surface area contributed by atoms with E-state index in [2.05, 4.69) is 23.2 Å². The average Bonchev–Trinajstić information content (AvgIpc) is 2.89. The van der Waals surface area contributed by atoms with Crippen molar-refractivity contribution in [3.05, 3.63) is 24.2 Å². The Hall–Kier alpha value is -0.800. The third-order valence-corrected chi connectivity index (χ3v) is 3.33. The fourth-order valence-electron chi connectivity index (χ4n) is 2.43. The maximum absolute atomic E-state index is 5.51. The van der Waals surface area contributed by atoms with E-state index in [-0.39, 0.29) is 0 Å². The van der Waals surface area contributed by atoms with Gasteiger partial charge in [-0.2, -0.15) is 0 Å². The van der Waals surface area contributed by atoms with Gasteiger partial charge >= 0.3 is 0 Å². The van der Waals surface area contributed by atoms with Gasteiger partial charge in [-0.3, -0.25) is 4.90 Å². The van der Waals surface area contributed by atoms with Gasteiger partial charge < -0.3 is 9.73 Å². The molecule has 2 rings (SSSR count). The van der Waals surface area contributed by atoms with Crippen LogP contribution in [-0.2, 0) is 0 Å². The number of nitrogens with zero attached hydrogens (tertiary/aromatic N) is 1. The summed E-state index contributed by atoms with van der Waals surface area (Å²) in [7, 11) is 2.04. The lowest BCUT2D eigenvalue weighted by atomic mass is 10.1. The van der Waals surface area contributed by atoms with Crippen molar-refractivity contribution in [2.45, 2.75) is 31.8 Å². The number of furan rings is 1. The molecule has 1 N–H and O–H groups in total. The van der Waals surface area contributed by atoms with Crippen LogP contribution in [-0.4, -0.2) is 31.1 Å². The van der Waals surface area contributed by atoms with Crippen molar-refractivity contribution in [3.8, 4) is 0 Å². The van der Waals surface area contributed by atoms with Crippen molar-refractivity contribution >= 4 is 0 Å². The number of hydrogen-bond donors (Lipinski definition) is 1. The Balaban J connectivity index is 2.02. The normalized spacial score (nSPS) is 24.5. The standard InChI is InChI=1S/C12H20N2O/c1-3-11(12-5-4-8-15-12)14-7-6-10(9-14)13-2/h4-5,8,10-11,13H,3,6-7,9H2,1-2H3. The van der Waals surface area contributed by atoms with Gasteiger partial charge in [-0.25, -0.2) is 0 Å². The monoisotopic (exact) mass is 208 g/mol. The molecule has 2 atom stereocenters. The van der Waals surface area contributed by atoms with Crippen LogP contribution < -0.4 is 5.32 Å². The first-order valence-corrected chi connectivity index (χ1v) is 5.80. The van der Waals surface area contributed by atoms with E-state index < -0.39 is 0 Å². The summed E-state index contributed by atoms with van der Waals surface area (Å²) in [6.07, 6.45) is 4.13. The zero-order valence-electron chi connectivity index (χ0n) is 9.57. The average molecular weight is 208 g/mol. The highest BCUT2D eigenvalue weighted by Gasteiger charge is 2.28. The van der Waals surface area contributed by atoms with Crippen molar-refractivity contribution in [1.82, 2.24) is 10.2 Å². The minimum Gasteiger partial charge on any atom is -0.468 e. The summed E-state index contributed by atoms with van der Waals surface area (Å²) in [6.45, 7) is 4.53. The van der Waals surface area contributed by atoms with Crippen molar-refractivity contribution in [2.24, 2.45) is 0 Å². The molecule has 2 unspecified atom stereocenters. The molecule has 0 saturated carbocycles. The number of hydrogen-bond acceptors (Lipinski definition) is 3. The number of rotatable bonds is 4. The van der Waals surface area contributed by atoms with E-state index in [0.29, 0.717) is 12.1 Å². The second kappa shape index (κ2) is 4.81. The molecule has 1 aromatic rings. The molecule has 0 bridgehead atoms. The van der Waals surface area contributed by atoms with Crippen molar-refractivity contribution in [1.29, 1.82) is 0 Å². The van der Waals surface area contributed by atoms with Crippen LogP contribution in [0.15, 0.2) is 22.8 Å². The van der Waals surface area contributed by atoms with Crippen molar-refractivity contribution < 1.29 is 4.42 Å². The molecule has 0 aromatic carbocycles. The van der Waals surface area contributed by atoms with E-state index in [1.54, 1.807) is 6.26 Å². The molecular formula is C12H20N2O. The minimum atomic E-state index is 0.457. The highest BCUT2D eigenvalue weighted by molar-refractivity contribution is 5.05. The van der Waals surface area contributed by atoms with Crippen LogP contribution >= 0.6 is 0 Å². The molecule has 1 aromatic heterocycles. The molecule has 3 heteroatoms. The van der Waals surface area contributed by atoms with Gasteiger partial charge in [0.15, 0.2) is 0 Å². The molecule has 1 fully saturated rings. The first-order valence-electron chi connectivity index (χ1n) is 5.80. The minimum absolute atomic E-state index is 0.457. The topological polar surface area (TPSA) is 28.4 Å². The van der Waals surface area contributed by atoms with Gasteiger partial charge in [0, 0.05) is 19.1 Å². The van der Waals surface area contributed by atoms with Crippen LogP contribution in [0.4, 0.5) is 0 Å². The van der Waals surface area contributed by atoms with Gasteiger partial charge in [0.1, 0.15) is 5.76 Å². The molecule has 1 saturated heterocycles. The maximum atomic E-state index is 5.51. The lowest BCUT2D eigenvalue weighted by Crippen LogP contribution is -2.31. The fourth-order valence-corrected chi connectivity index (χ4v) is 2.43. The van der Waals surface area contributed by atoms with E-state index in [9.17, 15) is 0 Å². The molecule has 84 valence electrons. The van der Waals surface area contributed by atoms with E-state index in [0.717, 1.165) is 18.7 Å². The first-order chi connectivity index (χ1) is 7.35. The van der Waals surface area contributed by atoms with Crippen LogP contribution in [0.5, 0.6) is 0 Å². The Kier molecular flexibility index (Phi) is 3.44. The first kappa shape index (κ1) is 10.7. The quantitative estimate of drug-likeness (QED) is 0.820. The lowest BCUT2D eigenvalue weighted by molar-refractivity contribution is 0.205. The summed E-state index contributed by atoms with van der Waals surface area (Å²) < 4.78 is 5.51. The Morgan fingerprint density at radius 3 is 3.07 bits per heavy atom. The summed E-state index contributed by atoms with van der Waals surface area (Å²) >= 11 is 0. The molecule has 1 aliphatic rings. The van der Waals surface area contributed by atoms with E-state index >= 15 is 0 Å². The third-order valence-electron chi connectivity index (χ3n) is 3.33. The van der Waals surface area contributed by atoms with Gasteiger partial charge in [0.25, 0.3) is 0 Å². The van der Waals surface area contributed by atoms with E-state index in [1.807, 2.05) is 13.1 Å². The molecular weight excluding hydrogens is 188 g/mol. The maximum Gasteiger partial charge on any atom is 0.120 e. The molecule has 15 heavy (non-hydrogen) atoms. The predicted octanol–water partition coefficient (Wildman–Crippen LogP) is 2.02. The zero-order chi connectivity index (χ0) is 10.7. The third kappa shape index (κ3) is 2.24. The highest BCUT2D eigenvalue weighted by Crippen LogP contribution is 2.27. The smallest absolute Gasteiger partial charge is 0.120 e. The SMILES string of the molecule is CCC(c1ccco1)N1CCC(NC)C1. The summed E-state index contributed by atoms with van der Waals surface area (Å²) in [6, 6.07) is 5.16. The Morgan fingerprint density at radius 2 is 2.53 bits per heavy atom.